The molecule has 2 aromatic rings. The molecule has 5 nitrogen and oxygen atoms in total. The predicted molar refractivity (Wildman–Crippen MR) is 81.5 cm³/mol. The molecule has 2 aromatic carbocycles. The van der Waals surface area contributed by atoms with E-state index in [1.165, 1.54) is 43.3 Å². The van der Waals surface area contributed by atoms with Crippen molar-refractivity contribution in [2.45, 2.75) is 0 Å². The Morgan fingerprint density at radius 1 is 1.00 bits per heavy atom. The fourth-order valence-electron chi connectivity index (χ4n) is 1.95. The van der Waals surface area contributed by atoms with Gasteiger partial charge in [0.05, 0.1) is 12.7 Å². The van der Waals surface area contributed by atoms with E-state index in [0.717, 1.165) is 0 Å². The molecule has 0 spiro atoms. The van der Waals surface area contributed by atoms with Gasteiger partial charge in [-0.15, -0.1) is 0 Å². The zero-order valence-corrected chi connectivity index (χ0v) is 13.1. The van der Waals surface area contributed by atoms with E-state index in [0.29, 0.717) is 5.69 Å². The molecule has 0 radical (unpaired) electrons. The van der Waals surface area contributed by atoms with Crippen LogP contribution in [-0.4, -0.2) is 26.2 Å². The first-order chi connectivity index (χ1) is 11.8. The Morgan fingerprint density at radius 3 is 2.16 bits per heavy atom. The van der Waals surface area contributed by atoms with Crippen molar-refractivity contribution in [2.75, 3.05) is 24.4 Å². The summed E-state index contributed by atoms with van der Waals surface area (Å²) in [5.74, 6) is -8.70. The highest BCUT2D eigenvalue weighted by atomic mass is 19.2. The van der Waals surface area contributed by atoms with E-state index in [4.69, 9.17) is 0 Å². The van der Waals surface area contributed by atoms with Crippen LogP contribution < -0.4 is 10.2 Å². The SMILES string of the molecule is COC(=O)N(C)c1ccc(NC(=O)c2cc(F)c(F)c(F)c2F)cc1. The van der Waals surface area contributed by atoms with Gasteiger partial charge in [-0.2, -0.15) is 0 Å². The van der Waals surface area contributed by atoms with Crippen molar-refractivity contribution in [1.82, 2.24) is 0 Å². The van der Waals surface area contributed by atoms with Crippen LogP contribution in [0.5, 0.6) is 0 Å². The van der Waals surface area contributed by atoms with Crippen molar-refractivity contribution in [1.29, 1.82) is 0 Å². The van der Waals surface area contributed by atoms with Crippen LogP contribution in [0.2, 0.25) is 0 Å². The highest BCUT2D eigenvalue weighted by molar-refractivity contribution is 6.04. The quantitative estimate of drug-likeness (QED) is 0.518. The summed E-state index contributed by atoms with van der Waals surface area (Å²) in [6.45, 7) is 0. The standard InChI is InChI=1S/C16H12F4N2O3/c1-22(16(24)25-2)9-5-3-8(4-6-9)21-15(23)10-7-11(17)13(19)14(20)12(10)18/h3-7H,1-2H3,(H,21,23). The maximum Gasteiger partial charge on any atom is 0.413 e. The number of anilines is 2. The molecule has 25 heavy (non-hydrogen) atoms. The Morgan fingerprint density at radius 2 is 1.60 bits per heavy atom. The molecule has 2 rings (SSSR count). The smallest absolute Gasteiger partial charge is 0.413 e. The zero-order valence-electron chi connectivity index (χ0n) is 13.1. The van der Waals surface area contributed by atoms with Gasteiger partial charge in [0.2, 0.25) is 0 Å². The highest BCUT2D eigenvalue weighted by Crippen LogP contribution is 2.21. The lowest BCUT2D eigenvalue weighted by molar-refractivity contribution is 0.102. The topological polar surface area (TPSA) is 58.6 Å². The molecule has 2 amide bonds. The van der Waals surface area contributed by atoms with E-state index in [9.17, 15) is 27.2 Å². The van der Waals surface area contributed by atoms with Crippen LogP contribution in [0.25, 0.3) is 0 Å². The van der Waals surface area contributed by atoms with Gasteiger partial charge in [-0.25, -0.2) is 22.4 Å². The first-order valence-corrected chi connectivity index (χ1v) is 6.82. The van der Waals surface area contributed by atoms with Gasteiger partial charge in [0.15, 0.2) is 23.3 Å². The third-order valence-corrected chi connectivity index (χ3v) is 3.31. The fourth-order valence-corrected chi connectivity index (χ4v) is 1.95. The molecule has 0 atom stereocenters. The number of hydrogen-bond acceptors (Lipinski definition) is 3. The summed E-state index contributed by atoms with van der Waals surface area (Å²) in [4.78, 5) is 24.5. The van der Waals surface area contributed by atoms with Crippen molar-refractivity contribution < 1.29 is 31.9 Å². The Hall–Kier alpha value is -3.10. The minimum atomic E-state index is -2.07. The molecule has 0 bridgehead atoms. The summed E-state index contributed by atoms with van der Waals surface area (Å²) >= 11 is 0. The number of rotatable bonds is 3. The van der Waals surface area contributed by atoms with Crippen LogP contribution in [0, 0.1) is 23.3 Å². The van der Waals surface area contributed by atoms with Crippen LogP contribution >= 0.6 is 0 Å². The predicted octanol–water partition coefficient (Wildman–Crippen LogP) is 3.70. The number of benzene rings is 2. The minimum Gasteiger partial charge on any atom is -0.452 e. The number of nitrogens with one attached hydrogen (secondary N) is 1. The second kappa shape index (κ2) is 7.20. The normalized spacial score (nSPS) is 10.3. The third kappa shape index (κ3) is 3.70. The van der Waals surface area contributed by atoms with E-state index >= 15 is 0 Å². The van der Waals surface area contributed by atoms with Crippen molar-refractivity contribution in [3.63, 3.8) is 0 Å². The van der Waals surface area contributed by atoms with Crippen LogP contribution in [0.15, 0.2) is 30.3 Å². The average molecular weight is 356 g/mol. The van der Waals surface area contributed by atoms with Gasteiger partial charge in [0.25, 0.3) is 5.91 Å². The summed E-state index contributed by atoms with van der Waals surface area (Å²) < 4.78 is 57.4. The van der Waals surface area contributed by atoms with Gasteiger partial charge in [-0.1, -0.05) is 0 Å². The number of methoxy groups -OCH3 is 1. The molecule has 0 heterocycles. The third-order valence-electron chi connectivity index (χ3n) is 3.31. The number of hydrogen-bond donors (Lipinski definition) is 1. The summed E-state index contributed by atoms with van der Waals surface area (Å²) in [7, 11) is 2.67. The molecule has 0 aliphatic rings. The molecule has 0 saturated heterocycles. The number of carbonyl (C=O) groups is 2. The molecule has 0 saturated carbocycles. The Balaban J connectivity index is 2.21. The number of carbonyl (C=O) groups excluding carboxylic acids is 2. The molecule has 1 N–H and O–H groups in total. The average Bonchev–Trinajstić information content (AvgIpc) is 2.62. The van der Waals surface area contributed by atoms with Crippen molar-refractivity contribution in [3.8, 4) is 0 Å². The summed E-state index contributed by atoms with van der Waals surface area (Å²) in [6, 6.07) is 5.92. The lowest BCUT2D eigenvalue weighted by atomic mass is 10.1. The van der Waals surface area contributed by atoms with Gasteiger partial charge in [-0.05, 0) is 30.3 Å². The minimum absolute atomic E-state index is 0.163. The fraction of sp³-hybridized carbons (Fsp3) is 0.125. The molecule has 0 aliphatic heterocycles. The second-order valence-electron chi connectivity index (χ2n) is 4.88. The highest BCUT2D eigenvalue weighted by Gasteiger charge is 2.23. The molecule has 0 unspecified atom stereocenters. The summed E-state index contributed by atoms with van der Waals surface area (Å²) in [6.07, 6.45) is -0.615. The van der Waals surface area contributed by atoms with E-state index in [-0.39, 0.29) is 11.8 Å². The van der Waals surface area contributed by atoms with Gasteiger partial charge >= 0.3 is 6.09 Å². The lowest BCUT2D eigenvalue weighted by Gasteiger charge is -2.16. The maximum absolute atomic E-state index is 13.6. The van der Waals surface area contributed by atoms with E-state index in [2.05, 4.69) is 10.1 Å². The summed E-state index contributed by atoms with van der Waals surface area (Å²) in [5.41, 5.74) is -0.376. The second-order valence-corrected chi connectivity index (χ2v) is 4.88. The molecule has 0 fully saturated rings. The molecular weight excluding hydrogens is 344 g/mol. The van der Waals surface area contributed by atoms with Gasteiger partial charge < -0.3 is 10.1 Å². The van der Waals surface area contributed by atoms with Crippen LogP contribution in [0.3, 0.4) is 0 Å². The monoisotopic (exact) mass is 356 g/mol. The van der Waals surface area contributed by atoms with E-state index in [1.807, 2.05) is 0 Å². The Labute approximate surface area is 139 Å². The lowest BCUT2D eigenvalue weighted by Crippen LogP contribution is -2.25. The van der Waals surface area contributed by atoms with Crippen LogP contribution in [0.1, 0.15) is 10.4 Å². The first-order valence-electron chi connectivity index (χ1n) is 6.82. The van der Waals surface area contributed by atoms with Crippen LogP contribution in [0.4, 0.5) is 33.7 Å². The number of halogens is 4. The zero-order chi connectivity index (χ0) is 18.7. The first kappa shape index (κ1) is 18.2. The molecule has 9 heteroatoms. The maximum atomic E-state index is 13.6. The van der Waals surface area contributed by atoms with Crippen molar-refractivity contribution >= 4 is 23.4 Å². The molecule has 132 valence electrons. The van der Waals surface area contributed by atoms with Gasteiger partial charge in [-0.3, -0.25) is 9.69 Å². The van der Waals surface area contributed by atoms with Crippen LogP contribution in [-0.2, 0) is 4.74 Å². The van der Waals surface area contributed by atoms with Crippen molar-refractivity contribution in [2.24, 2.45) is 0 Å². The van der Waals surface area contributed by atoms with Gasteiger partial charge in [0.1, 0.15) is 0 Å². The number of ether oxygens (including phenoxy) is 1. The largest absolute Gasteiger partial charge is 0.452 e. The molecule has 0 aliphatic carbocycles. The van der Waals surface area contributed by atoms with Gasteiger partial charge in [0, 0.05) is 18.4 Å². The number of nitrogens with zero attached hydrogens (tertiary/aromatic N) is 1. The summed E-state index contributed by atoms with van der Waals surface area (Å²) in [5, 5.41) is 2.21. The number of amides is 2. The van der Waals surface area contributed by atoms with E-state index < -0.39 is 40.8 Å². The molecule has 0 aromatic heterocycles. The van der Waals surface area contributed by atoms with E-state index in [1.54, 1.807) is 0 Å². The Kier molecular flexibility index (Phi) is 5.26. The van der Waals surface area contributed by atoms with Crippen molar-refractivity contribution in [3.05, 3.63) is 59.2 Å². The molecular formula is C16H12F4N2O3. The Bertz CT molecular complexity index is 825.